The van der Waals surface area contributed by atoms with Crippen molar-refractivity contribution < 1.29 is 14.3 Å². The van der Waals surface area contributed by atoms with E-state index in [1.807, 2.05) is 31.2 Å². The van der Waals surface area contributed by atoms with E-state index in [1.54, 1.807) is 20.2 Å². The smallest absolute Gasteiger partial charge is 0.217 e. The van der Waals surface area contributed by atoms with E-state index >= 15 is 0 Å². The summed E-state index contributed by atoms with van der Waals surface area (Å²) in [4.78, 5) is 18.7. The van der Waals surface area contributed by atoms with Gasteiger partial charge in [0, 0.05) is 19.7 Å². The zero-order valence-electron chi connectivity index (χ0n) is 17.6. The quantitative estimate of drug-likeness (QED) is 0.738. The molecule has 0 bridgehead atoms. The average Bonchev–Trinajstić information content (AvgIpc) is 2.74. The Kier molecular flexibility index (Phi) is 7.47. The Bertz CT molecular complexity index is 789. The van der Waals surface area contributed by atoms with E-state index in [2.05, 4.69) is 27.3 Å². The first kappa shape index (κ1) is 21.1. The molecule has 1 aromatic carbocycles. The highest BCUT2D eigenvalue weighted by Crippen LogP contribution is 2.32. The van der Waals surface area contributed by atoms with Crippen molar-refractivity contribution in [3.63, 3.8) is 0 Å². The second-order valence-electron chi connectivity index (χ2n) is 7.46. The zero-order valence-corrected chi connectivity index (χ0v) is 17.6. The number of benzene rings is 1. The average molecular weight is 398 g/mol. The Morgan fingerprint density at radius 3 is 2.66 bits per heavy atom. The van der Waals surface area contributed by atoms with Crippen molar-refractivity contribution >= 4 is 5.91 Å². The number of hydrogen-bond acceptors (Lipinski definition) is 5. The summed E-state index contributed by atoms with van der Waals surface area (Å²) in [7, 11) is 1.66. The second kappa shape index (κ2) is 10.3. The fourth-order valence-corrected chi connectivity index (χ4v) is 4.00. The lowest BCUT2D eigenvalue weighted by molar-refractivity contribution is -0.120. The predicted molar refractivity (Wildman–Crippen MR) is 113 cm³/mol. The lowest BCUT2D eigenvalue weighted by Gasteiger charge is -2.36. The number of nitrogens with one attached hydrogen (secondary N) is 1. The second-order valence-corrected chi connectivity index (χ2v) is 7.46. The van der Waals surface area contributed by atoms with E-state index in [4.69, 9.17) is 9.47 Å². The van der Waals surface area contributed by atoms with Gasteiger partial charge in [0.15, 0.2) is 11.5 Å². The molecule has 3 rings (SSSR count). The molecular weight excluding hydrogens is 366 g/mol. The molecule has 2 heterocycles. The van der Waals surface area contributed by atoms with Crippen LogP contribution < -0.4 is 14.8 Å². The van der Waals surface area contributed by atoms with Crippen LogP contribution in [0.1, 0.15) is 44.0 Å². The van der Waals surface area contributed by atoms with Crippen molar-refractivity contribution in [2.24, 2.45) is 5.92 Å². The van der Waals surface area contributed by atoms with Gasteiger partial charge in [-0.25, -0.2) is 0 Å². The molecule has 6 nitrogen and oxygen atoms in total. The lowest BCUT2D eigenvalue weighted by Crippen LogP contribution is -2.40. The lowest BCUT2D eigenvalue weighted by atomic mass is 9.87. The van der Waals surface area contributed by atoms with Crippen LogP contribution in [-0.4, -0.2) is 42.6 Å². The number of likely N-dealkylation sites (tertiary alicyclic amines) is 1. The van der Waals surface area contributed by atoms with E-state index in [-0.39, 0.29) is 11.9 Å². The van der Waals surface area contributed by atoms with E-state index in [9.17, 15) is 4.79 Å². The van der Waals surface area contributed by atoms with Crippen LogP contribution in [0.4, 0.5) is 0 Å². The van der Waals surface area contributed by atoms with Gasteiger partial charge >= 0.3 is 0 Å². The summed E-state index contributed by atoms with van der Waals surface area (Å²) in [5.74, 6) is 1.94. The number of aromatic nitrogens is 1. The third-order valence-electron chi connectivity index (χ3n) is 5.40. The highest BCUT2D eigenvalue weighted by atomic mass is 16.5. The number of pyridine rings is 1. The minimum Gasteiger partial charge on any atom is -0.493 e. The molecule has 1 fully saturated rings. The molecule has 1 N–H and O–H groups in total. The summed E-state index contributed by atoms with van der Waals surface area (Å²) in [5.41, 5.74) is 2.16. The molecule has 1 atom stereocenters. The summed E-state index contributed by atoms with van der Waals surface area (Å²) in [6.07, 6.45) is 3.84. The SMILES string of the molecule is CCOc1cc(CN2CCC([C@H](NC(C)=O)c3ccccn3)CC2)ccc1OC. The van der Waals surface area contributed by atoms with E-state index < -0.39 is 0 Å². The summed E-state index contributed by atoms with van der Waals surface area (Å²) in [5, 5.41) is 3.11. The van der Waals surface area contributed by atoms with Crippen molar-refractivity contribution in [2.75, 3.05) is 26.8 Å². The Labute approximate surface area is 173 Å². The highest BCUT2D eigenvalue weighted by Gasteiger charge is 2.29. The third kappa shape index (κ3) is 5.70. The molecule has 1 aliphatic rings. The third-order valence-corrected chi connectivity index (χ3v) is 5.40. The molecule has 29 heavy (non-hydrogen) atoms. The molecule has 0 unspecified atom stereocenters. The van der Waals surface area contributed by atoms with Gasteiger partial charge < -0.3 is 14.8 Å². The van der Waals surface area contributed by atoms with Crippen LogP contribution in [0.15, 0.2) is 42.6 Å². The van der Waals surface area contributed by atoms with Crippen LogP contribution in [0.2, 0.25) is 0 Å². The standard InChI is InChI=1S/C23H31N3O3/c1-4-29-22-15-18(8-9-21(22)28-3)16-26-13-10-19(11-14-26)23(25-17(2)27)20-7-5-6-12-24-20/h5-9,12,15,19,23H,4,10-11,13-14,16H2,1-3H3,(H,25,27)/t23-/m0/s1. The van der Waals surface area contributed by atoms with Crippen molar-refractivity contribution in [1.82, 2.24) is 15.2 Å². The Balaban J connectivity index is 1.62. The molecule has 1 aromatic heterocycles. The number of carbonyl (C=O) groups is 1. The van der Waals surface area contributed by atoms with Crippen LogP contribution in [0, 0.1) is 5.92 Å². The number of methoxy groups -OCH3 is 1. The van der Waals surface area contributed by atoms with E-state index in [0.29, 0.717) is 12.5 Å². The zero-order chi connectivity index (χ0) is 20.6. The molecule has 0 saturated carbocycles. The van der Waals surface area contributed by atoms with Crippen molar-refractivity contribution in [2.45, 2.75) is 39.3 Å². The first-order valence-corrected chi connectivity index (χ1v) is 10.3. The number of piperidine rings is 1. The number of amides is 1. The molecule has 1 amide bonds. The van der Waals surface area contributed by atoms with Gasteiger partial charge in [0.25, 0.3) is 0 Å². The Morgan fingerprint density at radius 2 is 2.03 bits per heavy atom. The van der Waals surface area contributed by atoms with Gasteiger partial charge in [-0.3, -0.25) is 14.7 Å². The topological polar surface area (TPSA) is 63.7 Å². The first-order chi connectivity index (χ1) is 14.1. The van der Waals surface area contributed by atoms with Crippen LogP contribution in [0.25, 0.3) is 0 Å². The van der Waals surface area contributed by atoms with Gasteiger partial charge in [0.1, 0.15) is 0 Å². The monoisotopic (exact) mass is 397 g/mol. The first-order valence-electron chi connectivity index (χ1n) is 10.3. The molecule has 0 spiro atoms. The number of carbonyl (C=O) groups excluding carboxylic acids is 1. The number of hydrogen-bond donors (Lipinski definition) is 1. The molecule has 6 heteroatoms. The molecule has 2 aromatic rings. The minimum absolute atomic E-state index is 0.00947. The van der Waals surface area contributed by atoms with E-state index in [0.717, 1.165) is 49.7 Å². The largest absolute Gasteiger partial charge is 0.493 e. The van der Waals surface area contributed by atoms with Gasteiger partial charge in [-0.1, -0.05) is 12.1 Å². The minimum atomic E-state index is -0.0265. The molecule has 0 aliphatic carbocycles. The molecule has 0 radical (unpaired) electrons. The molecule has 1 aliphatic heterocycles. The normalized spacial score (nSPS) is 16.2. The fraction of sp³-hybridized carbons (Fsp3) is 0.478. The van der Waals surface area contributed by atoms with Gasteiger partial charge in [-0.2, -0.15) is 0 Å². The predicted octanol–water partition coefficient (Wildman–Crippen LogP) is 3.58. The number of rotatable bonds is 8. The summed E-state index contributed by atoms with van der Waals surface area (Å²) < 4.78 is 11.1. The van der Waals surface area contributed by atoms with Gasteiger partial charge in [-0.05, 0) is 68.6 Å². The summed E-state index contributed by atoms with van der Waals surface area (Å²) >= 11 is 0. The van der Waals surface area contributed by atoms with Gasteiger partial charge in [0.05, 0.1) is 25.5 Å². The highest BCUT2D eigenvalue weighted by molar-refractivity contribution is 5.73. The van der Waals surface area contributed by atoms with Crippen molar-refractivity contribution in [3.8, 4) is 11.5 Å². The fourth-order valence-electron chi connectivity index (χ4n) is 4.00. The molecule has 156 valence electrons. The van der Waals surface area contributed by atoms with Crippen LogP contribution in [0.3, 0.4) is 0 Å². The van der Waals surface area contributed by atoms with Gasteiger partial charge in [0.2, 0.25) is 5.91 Å². The summed E-state index contributed by atoms with van der Waals surface area (Å²) in [6.45, 7) is 7.02. The van der Waals surface area contributed by atoms with Crippen molar-refractivity contribution in [1.29, 1.82) is 0 Å². The van der Waals surface area contributed by atoms with Gasteiger partial charge in [-0.15, -0.1) is 0 Å². The Morgan fingerprint density at radius 1 is 1.24 bits per heavy atom. The maximum atomic E-state index is 11.7. The maximum Gasteiger partial charge on any atom is 0.217 e. The molecule has 1 saturated heterocycles. The molecular formula is C23H31N3O3. The Hall–Kier alpha value is -2.60. The van der Waals surface area contributed by atoms with Crippen molar-refractivity contribution in [3.05, 3.63) is 53.9 Å². The summed E-state index contributed by atoms with van der Waals surface area (Å²) in [6, 6.07) is 12.0. The van der Waals surface area contributed by atoms with E-state index in [1.165, 1.54) is 5.56 Å². The maximum absolute atomic E-state index is 11.7. The van der Waals surface area contributed by atoms with Crippen LogP contribution >= 0.6 is 0 Å². The number of nitrogens with zero attached hydrogens (tertiary/aromatic N) is 2. The number of ether oxygens (including phenoxy) is 2. The van der Waals surface area contributed by atoms with Crippen LogP contribution in [0.5, 0.6) is 11.5 Å². The van der Waals surface area contributed by atoms with Crippen LogP contribution in [-0.2, 0) is 11.3 Å².